The monoisotopic (exact) mass is 577 g/mol. The number of methoxy groups -OCH3 is 1. The summed E-state index contributed by atoms with van der Waals surface area (Å²) in [6.07, 6.45) is -0.0341. The molecule has 3 aliphatic rings. The van der Waals surface area contributed by atoms with Crippen molar-refractivity contribution in [3.63, 3.8) is 0 Å². The topological polar surface area (TPSA) is 115 Å². The Morgan fingerprint density at radius 3 is 2.79 bits per heavy atom. The van der Waals surface area contributed by atoms with Crippen LogP contribution in [-0.4, -0.2) is 68.2 Å². The first kappa shape index (κ1) is 28.7. The summed E-state index contributed by atoms with van der Waals surface area (Å²) >= 11 is 0. The number of hydrogen-bond donors (Lipinski definition) is 2. The fourth-order valence-corrected chi connectivity index (χ4v) is 4.89. The molecule has 1 fully saturated rings. The molecule has 3 aliphatic heterocycles. The fourth-order valence-electron chi connectivity index (χ4n) is 4.89. The molecule has 220 valence electrons. The summed E-state index contributed by atoms with van der Waals surface area (Å²) in [5.74, 6) is 0.241. The molecule has 0 aliphatic carbocycles. The van der Waals surface area contributed by atoms with Gasteiger partial charge in [-0.05, 0) is 48.9 Å². The summed E-state index contributed by atoms with van der Waals surface area (Å²) in [7, 11) is 1.53. The number of halogens is 1. The molecule has 10 nitrogen and oxygen atoms in total. The molecular formula is C31H32FN3O7. The lowest BCUT2D eigenvalue weighted by Gasteiger charge is -2.38. The van der Waals surface area contributed by atoms with Gasteiger partial charge in [0.05, 0.1) is 13.2 Å². The van der Waals surface area contributed by atoms with Crippen LogP contribution in [0, 0.1) is 12.7 Å². The van der Waals surface area contributed by atoms with Crippen molar-refractivity contribution in [3.05, 3.63) is 83.2 Å². The van der Waals surface area contributed by atoms with Crippen LogP contribution in [0.5, 0.6) is 23.0 Å². The van der Waals surface area contributed by atoms with E-state index in [1.807, 2.05) is 6.92 Å². The lowest BCUT2D eigenvalue weighted by atomic mass is 10.0. The molecule has 42 heavy (non-hydrogen) atoms. The normalized spacial score (nSPS) is 18.9. The smallest absolute Gasteiger partial charge is 0.260 e. The fraction of sp³-hybridized carbons (Fsp3) is 0.323. The quantitative estimate of drug-likeness (QED) is 0.490. The number of ether oxygens (including phenoxy) is 4. The number of carbonyl (C=O) groups excluding carboxylic acids is 3. The van der Waals surface area contributed by atoms with Gasteiger partial charge in [0.1, 0.15) is 34.9 Å². The number of fused-ring (bicyclic) bond motifs is 7. The third-order valence-corrected chi connectivity index (χ3v) is 7.21. The van der Waals surface area contributed by atoms with Crippen LogP contribution >= 0.6 is 0 Å². The molecule has 3 amide bonds. The van der Waals surface area contributed by atoms with Gasteiger partial charge >= 0.3 is 0 Å². The van der Waals surface area contributed by atoms with Crippen molar-refractivity contribution >= 4 is 17.7 Å². The van der Waals surface area contributed by atoms with E-state index < -0.39 is 18.0 Å². The number of nitrogens with one attached hydrogen (secondary N) is 2. The third kappa shape index (κ3) is 6.91. The maximum Gasteiger partial charge on any atom is 0.260 e. The lowest BCUT2D eigenvalue weighted by Crippen LogP contribution is -2.58. The van der Waals surface area contributed by atoms with Gasteiger partial charge in [-0.15, -0.1) is 0 Å². The molecule has 1 saturated heterocycles. The van der Waals surface area contributed by atoms with Crippen LogP contribution in [0.4, 0.5) is 4.39 Å². The number of likely N-dealkylation sites (tertiary alicyclic amines) is 1. The average molecular weight is 578 g/mol. The van der Waals surface area contributed by atoms with Gasteiger partial charge in [-0.2, -0.15) is 0 Å². The Morgan fingerprint density at radius 2 is 1.98 bits per heavy atom. The van der Waals surface area contributed by atoms with Crippen LogP contribution in [0.25, 0.3) is 0 Å². The van der Waals surface area contributed by atoms with E-state index in [1.54, 1.807) is 47.4 Å². The number of carbonyl (C=O) groups is 3. The minimum atomic E-state index is -0.570. The van der Waals surface area contributed by atoms with E-state index in [-0.39, 0.29) is 49.8 Å². The van der Waals surface area contributed by atoms with Crippen molar-refractivity contribution in [2.45, 2.75) is 32.0 Å². The standard InChI is InChI=1S/C31H32FN3O7/c1-19-6-7-20-12-27(19)41-17-29(36)33-15-21-8-9-24(14-28(21)39-2)42-26-10-11-35(16-25(26)34-31(20)38)30(37)18-40-23-5-3-4-22(32)13-23/h3-9,12-14,25-26H,10-11,15-18H2,1-2H3,(H,33,36)(H,34,38)/t25-,26+/m0/s1. The second-order valence-electron chi connectivity index (χ2n) is 10.1. The van der Waals surface area contributed by atoms with Crippen molar-refractivity contribution in [3.8, 4) is 23.0 Å². The van der Waals surface area contributed by atoms with Crippen molar-refractivity contribution in [1.29, 1.82) is 0 Å². The summed E-state index contributed by atoms with van der Waals surface area (Å²) in [4.78, 5) is 40.5. The molecule has 0 unspecified atom stereocenters. The molecule has 6 rings (SSSR count). The Kier molecular flexibility index (Phi) is 8.75. The second-order valence-corrected chi connectivity index (χ2v) is 10.1. The molecule has 0 saturated carbocycles. The minimum Gasteiger partial charge on any atom is -0.496 e. The zero-order chi connectivity index (χ0) is 29.6. The third-order valence-electron chi connectivity index (χ3n) is 7.21. The number of aryl methyl sites for hydroxylation is 1. The maximum atomic E-state index is 13.5. The van der Waals surface area contributed by atoms with E-state index >= 15 is 0 Å². The van der Waals surface area contributed by atoms with Gasteiger partial charge in [0.2, 0.25) is 0 Å². The van der Waals surface area contributed by atoms with E-state index in [0.29, 0.717) is 35.8 Å². The zero-order valence-electron chi connectivity index (χ0n) is 23.4. The average Bonchev–Trinajstić information content (AvgIpc) is 2.99. The predicted octanol–water partition coefficient (Wildman–Crippen LogP) is 3.01. The SMILES string of the molecule is COc1cc2ccc1CNC(=O)COc1cc(ccc1C)C(=O)N[C@H]1CN(C(=O)COc3cccc(F)c3)CC[C@H]1O2. The first-order valence-electron chi connectivity index (χ1n) is 13.6. The Bertz CT molecular complexity index is 1480. The molecule has 2 N–H and O–H groups in total. The molecule has 3 heterocycles. The molecule has 4 bridgehead atoms. The summed E-state index contributed by atoms with van der Waals surface area (Å²) in [5, 5.41) is 5.84. The molecule has 3 aromatic rings. The summed E-state index contributed by atoms with van der Waals surface area (Å²) < 4.78 is 36.6. The van der Waals surface area contributed by atoms with Crippen molar-refractivity contribution in [1.82, 2.24) is 15.5 Å². The molecule has 0 radical (unpaired) electrons. The van der Waals surface area contributed by atoms with Crippen molar-refractivity contribution in [2.24, 2.45) is 0 Å². The number of amides is 3. The van der Waals surface area contributed by atoms with E-state index in [2.05, 4.69) is 10.6 Å². The number of rotatable bonds is 4. The molecule has 0 spiro atoms. The van der Waals surface area contributed by atoms with E-state index in [9.17, 15) is 18.8 Å². The lowest BCUT2D eigenvalue weighted by molar-refractivity contribution is -0.135. The van der Waals surface area contributed by atoms with E-state index in [1.165, 1.54) is 25.3 Å². The van der Waals surface area contributed by atoms with Crippen LogP contribution in [0.1, 0.15) is 27.9 Å². The number of nitrogens with zero attached hydrogens (tertiary/aromatic N) is 1. The van der Waals surface area contributed by atoms with Gasteiger partial charge in [0.25, 0.3) is 17.7 Å². The van der Waals surface area contributed by atoms with Crippen LogP contribution in [0.2, 0.25) is 0 Å². The van der Waals surface area contributed by atoms with Gasteiger partial charge in [0.15, 0.2) is 13.2 Å². The highest BCUT2D eigenvalue weighted by molar-refractivity contribution is 5.95. The second kappa shape index (κ2) is 12.8. The highest BCUT2D eigenvalue weighted by Gasteiger charge is 2.35. The van der Waals surface area contributed by atoms with Crippen LogP contribution in [-0.2, 0) is 16.1 Å². The number of piperidine rings is 1. The first-order valence-corrected chi connectivity index (χ1v) is 13.6. The summed E-state index contributed by atoms with van der Waals surface area (Å²) in [5.41, 5.74) is 1.86. The molecule has 2 atom stereocenters. The Hall–Kier alpha value is -4.80. The maximum absolute atomic E-state index is 13.5. The highest BCUT2D eigenvalue weighted by Crippen LogP contribution is 2.28. The number of benzene rings is 3. The van der Waals surface area contributed by atoms with Gasteiger partial charge in [-0.3, -0.25) is 14.4 Å². The highest BCUT2D eigenvalue weighted by atomic mass is 19.1. The predicted molar refractivity (Wildman–Crippen MR) is 150 cm³/mol. The number of hydrogen-bond acceptors (Lipinski definition) is 7. The summed E-state index contributed by atoms with van der Waals surface area (Å²) in [6, 6.07) is 15.3. The van der Waals surface area contributed by atoms with Gasteiger partial charge in [-0.25, -0.2) is 4.39 Å². The largest absolute Gasteiger partial charge is 0.496 e. The van der Waals surface area contributed by atoms with Gasteiger partial charge in [-0.1, -0.05) is 12.1 Å². The van der Waals surface area contributed by atoms with Crippen LogP contribution in [0.15, 0.2) is 60.7 Å². The van der Waals surface area contributed by atoms with E-state index in [4.69, 9.17) is 18.9 Å². The van der Waals surface area contributed by atoms with Crippen molar-refractivity contribution in [2.75, 3.05) is 33.4 Å². The molecule has 0 aromatic heterocycles. The van der Waals surface area contributed by atoms with Crippen molar-refractivity contribution < 1.29 is 37.7 Å². The Labute approximate surface area is 242 Å². The molecule has 3 aromatic carbocycles. The zero-order valence-corrected chi connectivity index (χ0v) is 23.4. The Morgan fingerprint density at radius 1 is 1.12 bits per heavy atom. The van der Waals surface area contributed by atoms with Gasteiger partial charge < -0.3 is 34.5 Å². The van der Waals surface area contributed by atoms with Crippen LogP contribution in [0.3, 0.4) is 0 Å². The van der Waals surface area contributed by atoms with Gasteiger partial charge in [0, 0.05) is 49.3 Å². The first-order chi connectivity index (χ1) is 20.3. The minimum absolute atomic E-state index is 0.171. The van der Waals surface area contributed by atoms with E-state index in [0.717, 1.165) is 11.1 Å². The molecular weight excluding hydrogens is 545 g/mol. The molecule has 11 heteroatoms. The summed E-state index contributed by atoms with van der Waals surface area (Å²) in [6.45, 7) is 2.08. The van der Waals surface area contributed by atoms with Crippen LogP contribution < -0.4 is 29.6 Å². The Balaban J connectivity index is 1.39.